The Morgan fingerprint density at radius 1 is 1.04 bits per heavy atom. The summed E-state index contributed by atoms with van der Waals surface area (Å²) >= 11 is 0. The van der Waals surface area contributed by atoms with E-state index in [0.717, 1.165) is 5.56 Å². The van der Waals surface area contributed by atoms with Crippen molar-refractivity contribution in [1.29, 1.82) is 0 Å². The molecule has 0 saturated heterocycles. The number of amides is 2. The van der Waals surface area contributed by atoms with Gasteiger partial charge in [0.15, 0.2) is 0 Å². The molecule has 0 saturated carbocycles. The minimum Gasteiger partial charge on any atom is -0.492 e. The Hall–Kier alpha value is -3.12. The number of hydrogen-bond acceptors (Lipinski definition) is 4. The van der Waals surface area contributed by atoms with E-state index in [4.69, 9.17) is 9.94 Å². The average Bonchev–Trinajstić information content (AvgIpc) is 2.64. The van der Waals surface area contributed by atoms with Crippen LogP contribution in [-0.4, -0.2) is 30.2 Å². The van der Waals surface area contributed by atoms with Crippen LogP contribution in [-0.2, 0) is 4.79 Å². The summed E-state index contributed by atoms with van der Waals surface area (Å²) in [7, 11) is 0. The minimum absolute atomic E-state index is 0.197. The van der Waals surface area contributed by atoms with Gasteiger partial charge in [0.2, 0.25) is 5.91 Å². The van der Waals surface area contributed by atoms with E-state index in [0.29, 0.717) is 24.5 Å². The summed E-state index contributed by atoms with van der Waals surface area (Å²) < 4.78 is 5.45. The molecule has 2 rings (SSSR count). The predicted octanol–water partition coefficient (Wildman–Crippen LogP) is 2.01. The molecule has 0 fully saturated rings. The molecule has 0 atom stereocenters. The highest BCUT2D eigenvalue weighted by Gasteiger charge is 2.03. The first-order valence-corrected chi connectivity index (χ1v) is 7.37. The molecule has 24 heavy (non-hydrogen) atoms. The van der Waals surface area contributed by atoms with E-state index in [1.165, 1.54) is 18.2 Å². The SMILES string of the molecule is O=C(C=Cc1ccccc1)NCCOc1ccc(C(=O)NO)cc1. The fraction of sp³-hybridized carbons (Fsp3) is 0.111. The smallest absolute Gasteiger partial charge is 0.274 e. The zero-order chi connectivity index (χ0) is 17.2. The van der Waals surface area contributed by atoms with Gasteiger partial charge in [-0.3, -0.25) is 14.8 Å². The second-order valence-corrected chi connectivity index (χ2v) is 4.85. The monoisotopic (exact) mass is 326 g/mol. The van der Waals surface area contributed by atoms with Crippen LogP contribution in [0.2, 0.25) is 0 Å². The normalized spacial score (nSPS) is 10.4. The minimum atomic E-state index is -0.584. The lowest BCUT2D eigenvalue weighted by Gasteiger charge is -2.07. The van der Waals surface area contributed by atoms with Crippen molar-refractivity contribution in [2.75, 3.05) is 13.2 Å². The third-order valence-electron chi connectivity index (χ3n) is 3.11. The number of carbonyl (C=O) groups excluding carboxylic acids is 2. The van der Waals surface area contributed by atoms with Gasteiger partial charge in [-0.25, -0.2) is 5.48 Å². The Balaban J connectivity index is 1.70. The molecule has 0 aliphatic rings. The summed E-state index contributed by atoms with van der Waals surface area (Å²) in [5.41, 5.74) is 2.83. The van der Waals surface area contributed by atoms with E-state index in [9.17, 15) is 9.59 Å². The first-order chi connectivity index (χ1) is 11.7. The van der Waals surface area contributed by atoms with Crippen molar-refractivity contribution in [3.63, 3.8) is 0 Å². The fourth-order valence-corrected chi connectivity index (χ4v) is 1.91. The molecule has 0 aromatic heterocycles. The van der Waals surface area contributed by atoms with Crippen LogP contribution < -0.4 is 15.5 Å². The number of nitrogens with one attached hydrogen (secondary N) is 2. The molecule has 0 radical (unpaired) electrons. The second kappa shape index (κ2) is 9.12. The van der Waals surface area contributed by atoms with Crippen LogP contribution in [0, 0.1) is 0 Å². The number of hydroxylamine groups is 1. The average molecular weight is 326 g/mol. The van der Waals surface area contributed by atoms with Crippen LogP contribution in [0.3, 0.4) is 0 Å². The molecule has 0 spiro atoms. The topological polar surface area (TPSA) is 87.7 Å². The van der Waals surface area contributed by atoms with Crippen LogP contribution in [0.25, 0.3) is 6.08 Å². The first-order valence-electron chi connectivity index (χ1n) is 7.37. The van der Waals surface area contributed by atoms with Crippen molar-refractivity contribution in [2.24, 2.45) is 0 Å². The van der Waals surface area contributed by atoms with Crippen molar-refractivity contribution in [3.8, 4) is 5.75 Å². The van der Waals surface area contributed by atoms with Crippen molar-refractivity contribution in [2.45, 2.75) is 0 Å². The lowest BCUT2D eigenvalue weighted by Crippen LogP contribution is -2.26. The van der Waals surface area contributed by atoms with Crippen LogP contribution in [0.5, 0.6) is 5.75 Å². The number of carbonyl (C=O) groups is 2. The molecule has 0 unspecified atom stereocenters. The molecule has 124 valence electrons. The van der Waals surface area contributed by atoms with Gasteiger partial charge in [-0.1, -0.05) is 30.3 Å². The molecule has 3 N–H and O–H groups in total. The van der Waals surface area contributed by atoms with Gasteiger partial charge in [0.25, 0.3) is 5.91 Å². The van der Waals surface area contributed by atoms with Gasteiger partial charge in [-0.2, -0.15) is 0 Å². The lowest BCUT2D eigenvalue weighted by molar-refractivity contribution is -0.116. The van der Waals surface area contributed by atoms with Gasteiger partial charge in [-0.15, -0.1) is 0 Å². The van der Waals surface area contributed by atoms with Gasteiger partial charge in [0.1, 0.15) is 12.4 Å². The summed E-state index contributed by atoms with van der Waals surface area (Å²) in [6.07, 6.45) is 3.21. The third-order valence-corrected chi connectivity index (χ3v) is 3.11. The number of ether oxygens (including phenoxy) is 1. The second-order valence-electron chi connectivity index (χ2n) is 4.85. The van der Waals surface area contributed by atoms with E-state index < -0.39 is 5.91 Å². The third kappa shape index (κ3) is 5.58. The van der Waals surface area contributed by atoms with E-state index >= 15 is 0 Å². The quantitative estimate of drug-likeness (QED) is 0.314. The largest absolute Gasteiger partial charge is 0.492 e. The molecule has 6 heteroatoms. The number of benzene rings is 2. The Morgan fingerprint density at radius 2 is 1.75 bits per heavy atom. The van der Waals surface area contributed by atoms with Crippen LogP contribution in [0.15, 0.2) is 60.7 Å². The number of rotatable bonds is 7. The molecule has 2 amide bonds. The van der Waals surface area contributed by atoms with Crippen molar-refractivity contribution in [1.82, 2.24) is 10.8 Å². The van der Waals surface area contributed by atoms with E-state index in [1.54, 1.807) is 23.7 Å². The molecule has 0 bridgehead atoms. The maximum Gasteiger partial charge on any atom is 0.274 e. The fourth-order valence-electron chi connectivity index (χ4n) is 1.91. The Labute approximate surface area is 139 Å². The van der Waals surface area contributed by atoms with Gasteiger partial charge in [-0.05, 0) is 35.9 Å². The summed E-state index contributed by atoms with van der Waals surface area (Å²) in [6, 6.07) is 15.8. The molecule has 0 aliphatic heterocycles. The van der Waals surface area contributed by atoms with Gasteiger partial charge in [0.05, 0.1) is 6.54 Å². The maximum absolute atomic E-state index is 11.7. The highest BCUT2D eigenvalue weighted by molar-refractivity contribution is 5.93. The zero-order valence-electron chi connectivity index (χ0n) is 12.9. The Kier molecular flexibility index (Phi) is 6.55. The lowest BCUT2D eigenvalue weighted by atomic mass is 10.2. The molecule has 0 heterocycles. The summed E-state index contributed by atoms with van der Waals surface area (Å²) in [5, 5.41) is 11.2. The molecule has 6 nitrogen and oxygen atoms in total. The van der Waals surface area contributed by atoms with Crippen molar-refractivity contribution >= 4 is 17.9 Å². The van der Waals surface area contributed by atoms with Crippen molar-refractivity contribution in [3.05, 3.63) is 71.8 Å². The molecular formula is C18H18N2O4. The Morgan fingerprint density at radius 3 is 2.42 bits per heavy atom. The van der Waals surface area contributed by atoms with E-state index in [-0.39, 0.29) is 5.91 Å². The highest BCUT2D eigenvalue weighted by Crippen LogP contribution is 2.11. The highest BCUT2D eigenvalue weighted by atomic mass is 16.5. The Bertz CT molecular complexity index is 697. The molecular weight excluding hydrogens is 308 g/mol. The molecule has 2 aromatic carbocycles. The maximum atomic E-state index is 11.7. The summed E-state index contributed by atoms with van der Waals surface area (Å²) in [6.45, 7) is 0.660. The number of hydrogen-bond donors (Lipinski definition) is 3. The van der Waals surface area contributed by atoms with Crippen LogP contribution in [0.1, 0.15) is 15.9 Å². The molecule has 0 aliphatic carbocycles. The van der Waals surface area contributed by atoms with Crippen LogP contribution in [0.4, 0.5) is 0 Å². The van der Waals surface area contributed by atoms with E-state index in [2.05, 4.69) is 5.32 Å². The van der Waals surface area contributed by atoms with Crippen LogP contribution >= 0.6 is 0 Å². The zero-order valence-corrected chi connectivity index (χ0v) is 12.9. The molecule has 2 aromatic rings. The van der Waals surface area contributed by atoms with Gasteiger partial charge >= 0.3 is 0 Å². The predicted molar refractivity (Wildman–Crippen MR) is 89.7 cm³/mol. The summed E-state index contributed by atoms with van der Waals surface area (Å²) in [4.78, 5) is 22.8. The summed E-state index contributed by atoms with van der Waals surface area (Å²) in [5.74, 6) is -0.213. The van der Waals surface area contributed by atoms with Gasteiger partial charge in [0, 0.05) is 11.6 Å². The first kappa shape index (κ1) is 17.2. The van der Waals surface area contributed by atoms with Crippen molar-refractivity contribution < 1.29 is 19.5 Å². The van der Waals surface area contributed by atoms with Gasteiger partial charge < -0.3 is 10.1 Å². The van der Waals surface area contributed by atoms with E-state index in [1.807, 2.05) is 30.3 Å². The standard InChI is InChI=1S/C18H18N2O4/c21-17(11-6-14-4-2-1-3-5-14)19-12-13-24-16-9-7-15(8-10-16)18(22)20-23/h1-11,23H,12-13H2,(H,19,21)(H,20,22).